The van der Waals surface area contributed by atoms with Gasteiger partial charge in [0.2, 0.25) is 5.91 Å². The number of aryl methyl sites for hydroxylation is 1. The van der Waals surface area contributed by atoms with Crippen LogP contribution in [0.25, 0.3) is 11.3 Å². The van der Waals surface area contributed by atoms with Crippen LogP contribution in [0.15, 0.2) is 47.2 Å². The van der Waals surface area contributed by atoms with Gasteiger partial charge in [0.25, 0.3) is 0 Å². The number of amides is 2. The average Bonchev–Trinajstić information content (AvgIpc) is 3.86. The number of nitrogens with zero attached hydrogens (tertiary/aromatic N) is 4. The summed E-state index contributed by atoms with van der Waals surface area (Å²) in [6.45, 7) is 3.77. The molecule has 2 aromatic heterocycles. The fraction of sp³-hybridized carbons (Fsp3) is 0.590. The molecule has 3 aliphatic carbocycles. The fourth-order valence-electron chi connectivity index (χ4n) is 7.97. The number of carbonyl (C=O) groups excluding carboxylic acids is 2. The Morgan fingerprint density at radius 3 is 2.37 bits per heavy atom. The van der Waals surface area contributed by atoms with E-state index < -0.39 is 0 Å². The molecule has 1 aromatic carbocycles. The van der Waals surface area contributed by atoms with Gasteiger partial charge in [0.1, 0.15) is 29.6 Å². The Balaban J connectivity index is 1.03. The molecule has 3 heterocycles. The van der Waals surface area contributed by atoms with Gasteiger partial charge < -0.3 is 23.9 Å². The monoisotopic (exact) mass is 670 g/mol. The largest absolute Gasteiger partial charge is 0.496 e. The third kappa shape index (κ3) is 7.95. The second-order valence-corrected chi connectivity index (χ2v) is 14.7. The summed E-state index contributed by atoms with van der Waals surface area (Å²) < 4.78 is 17.1. The molecule has 49 heavy (non-hydrogen) atoms. The number of aliphatic hydroxyl groups is 1. The van der Waals surface area contributed by atoms with E-state index >= 15 is 0 Å². The lowest BCUT2D eigenvalue weighted by molar-refractivity contribution is -0.124. The number of oxazole rings is 1. The predicted molar refractivity (Wildman–Crippen MR) is 186 cm³/mol. The number of rotatable bonds is 9. The molecule has 0 spiro atoms. The van der Waals surface area contributed by atoms with Crippen molar-refractivity contribution in [2.45, 2.75) is 108 Å². The van der Waals surface area contributed by atoms with Gasteiger partial charge in [0.15, 0.2) is 5.89 Å². The van der Waals surface area contributed by atoms with Crippen molar-refractivity contribution in [3.63, 3.8) is 0 Å². The van der Waals surface area contributed by atoms with Gasteiger partial charge in [-0.15, -0.1) is 0 Å². The van der Waals surface area contributed by atoms with E-state index in [1.54, 1.807) is 24.5 Å². The molecule has 10 heteroatoms. The first-order chi connectivity index (χ1) is 23.8. The number of hydrogen-bond acceptors (Lipinski definition) is 8. The molecule has 0 radical (unpaired) electrons. The molecule has 4 aliphatic rings. The molecule has 0 unspecified atom stereocenters. The van der Waals surface area contributed by atoms with Crippen LogP contribution in [0.1, 0.15) is 106 Å². The number of methoxy groups -OCH3 is 1. The van der Waals surface area contributed by atoms with Crippen LogP contribution >= 0.6 is 0 Å². The van der Waals surface area contributed by atoms with Gasteiger partial charge in [0.05, 0.1) is 13.2 Å². The highest BCUT2D eigenvalue weighted by molar-refractivity contribution is 5.94. The Morgan fingerprint density at radius 2 is 1.67 bits per heavy atom. The van der Waals surface area contributed by atoms with Gasteiger partial charge in [-0.25, -0.2) is 14.8 Å². The van der Waals surface area contributed by atoms with Gasteiger partial charge in [-0.3, -0.25) is 9.69 Å². The smallest absolute Gasteiger partial charge is 0.410 e. The highest BCUT2D eigenvalue weighted by atomic mass is 16.6. The molecule has 4 fully saturated rings. The van der Waals surface area contributed by atoms with Crippen molar-refractivity contribution in [2.75, 3.05) is 31.6 Å². The summed E-state index contributed by atoms with van der Waals surface area (Å²) in [5.41, 5.74) is 4.21. The van der Waals surface area contributed by atoms with Crippen LogP contribution in [-0.2, 0) is 9.53 Å². The standard InChI is InChI=1S/C39H50N4O6/c1-25-21-30(11-14-35(25)47-2)27-5-3-26(4-6-27)23-43(36-22-31(15-18-40-36)34-24-48-37(41-34)28-7-8-28)38(45)29-9-12-33(13-10-29)49-39(46)42-19-16-32(44)17-20-42/h11,14-15,18,21-22,24,26-29,32-33,44H,3-10,12-13,16-17,19-20,23H2,1-2H3. The first-order valence-corrected chi connectivity index (χ1v) is 18.4. The molecular formula is C39H50N4O6. The lowest BCUT2D eigenvalue weighted by Gasteiger charge is -2.36. The zero-order chi connectivity index (χ0) is 33.9. The second kappa shape index (κ2) is 14.9. The number of hydrogen-bond donors (Lipinski definition) is 1. The number of likely N-dealkylation sites (tertiary alicyclic amines) is 1. The summed E-state index contributed by atoms with van der Waals surface area (Å²) in [6.07, 6.45) is 13.0. The minimum absolute atomic E-state index is 0.103. The van der Waals surface area contributed by atoms with E-state index in [-0.39, 0.29) is 30.1 Å². The van der Waals surface area contributed by atoms with Crippen LogP contribution in [-0.4, -0.2) is 70.9 Å². The van der Waals surface area contributed by atoms with E-state index in [4.69, 9.17) is 23.9 Å². The molecule has 0 atom stereocenters. The second-order valence-electron chi connectivity index (χ2n) is 14.7. The topological polar surface area (TPSA) is 118 Å². The molecule has 262 valence electrons. The van der Waals surface area contributed by atoms with E-state index in [1.165, 1.54) is 5.56 Å². The van der Waals surface area contributed by atoms with E-state index in [1.807, 2.05) is 17.0 Å². The van der Waals surface area contributed by atoms with Crippen molar-refractivity contribution < 1.29 is 28.6 Å². The zero-order valence-electron chi connectivity index (χ0n) is 28.9. The van der Waals surface area contributed by atoms with Crippen LogP contribution in [0.5, 0.6) is 5.75 Å². The molecular weight excluding hydrogens is 620 g/mol. The molecule has 0 bridgehead atoms. The number of carbonyl (C=O) groups is 2. The number of pyridine rings is 1. The quantitative estimate of drug-likeness (QED) is 0.250. The maximum atomic E-state index is 14.4. The summed E-state index contributed by atoms with van der Waals surface area (Å²) in [4.78, 5) is 40.3. The summed E-state index contributed by atoms with van der Waals surface area (Å²) >= 11 is 0. The SMILES string of the molecule is COc1ccc(C2CCC(CN(C(=O)C3CCC(OC(=O)N4CCC(O)CC4)CC3)c3cc(-c4coc(C5CC5)n4)ccn3)CC2)cc1C. The normalized spacial score (nSPS) is 24.8. The van der Waals surface area contributed by atoms with Crippen molar-refractivity contribution in [2.24, 2.45) is 11.8 Å². The molecule has 3 saturated carbocycles. The minimum Gasteiger partial charge on any atom is -0.496 e. The third-order valence-corrected chi connectivity index (χ3v) is 11.2. The van der Waals surface area contributed by atoms with Crippen LogP contribution in [0.3, 0.4) is 0 Å². The van der Waals surface area contributed by atoms with Crippen molar-refractivity contribution >= 4 is 17.8 Å². The number of anilines is 1. The Hall–Kier alpha value is -3.92. The summed E-state index contributed by atoms with van der Waals surface area (Å²) in [5.74, 6) is 3.63. The van der Waals surface area contributed by atoms with E-state index in [2.05, 4.69) is 25.1 Å². The zero-order valence-corrected chi connectivity index (χ0v) is 28.9. The van der Waals surface area contributed by atoms with Gasteiger partial charge >= 0.3 is 6.09 Å². The fourth-order valence-corrected chi connectivity index (χ4v) is 7.97. The molecule has 1 N–H and O–H groups in total. The molecule has 7 rings (SSSR count). The number of benzene rings is 1. The van der Waals surface area contributed by atoms with E-state index in [0.29, 0.717) is 81.7 Å². The lowest BCUT2D eigenvalue weighted by Crippen LogP contribution is -2.44. The molecule has 10 nitrogen and oxygen atoms in total. The van der Waals surface area contributed by atoms with Gasteiger partial charge in [-0.2, -0.15) is 0 Å². The average molecular weight is 671 g/mol. The van der Waals surface area contributed by atoms with Crippen molar-refractivity contribution in [1.29, 1.82) is 0 Å². The lowest BCUT2D eigenvalue weighted by atomic mass is 9.78. The van der Waals surface area contributed by atoms with Crippen LogP contribution in [0.2, 0.25) is 0 Å². The summed E-state index contributed by atoms with van der Waals surface area (Å²) in [7, 11) is 1.71. The van der Waals surface area contributed by atoms with E-state index in [9.17, 15) is 14.7 Å². The van der Waals surface area contributed by atoms with Crippen LogP contribution in [0.4, 0.5) is 10.6 Å². The molecule has 1 aliphatic heterocycles. The Morgan fingerprint density at radius 1 is 0.939 bits per heavy atom. The number of piperidine rings is 1. The molecule has 3 aromatic rings. The first kappa shape index (κ1) is 33.6. The van der Waals surface area contributed by atoms with Crippen LogP contribution < -0.4 is 9.64 Å². The minimum atomic E-state index is -0.340. The van der Waals surface area contributed by atoms with Gasteiger partial charge in [-0.05, 0) is 125 Å². The molecule has 1 saturated heterocycles. The number of ether oxygens (including phenoxy) is 2. The van der Waals surface area contributed by atoms with Crippen molar-refractivity contribution in [3.05, 3.63) is 59.8 Å². The molecule has 2 amide bonds. The Bertz CT molecular complexity index is 1600. The summed E-state index contributed by atoms with van der Waals surface area (Å²) in [6, 6.07) is 10.5. The van der Waals surface area contributed by atoms with Gasteiger partial charge in [-0.1, -0.05) is 12.1 Å². The number of aromatic nitrogens is 2. The van der Waals surface area contributed by atoms with Crippen molar-refractivity contribution in [1.82, 2.24) is 14.9 Å². The Kier molecular flexibility index (Phi) is 10.2. The number of aliphatic hydroxyl groups excluding tert-OH is 1. The highest BCUT2D eigenvalue weighted by Gasteiger charge is 2.35. The van der Waals surface area contributed by atoms with Crippen LogP contribution in [0, 0.1) is 18.8 Å². The third-order valence-electron chi connectivity index (χ3n) is 11.2. The van der Waals surface area contributed by atoms with E-state index in [0.717, 1.165) is 67.0 Å². The first-order valence-electron chi connectivity index (χ1n) is 18.4. The van der Waals surface area contributed by atoms with Crippen molar-refractivity contribution in [3.8, 4) is 17.0 Å². The highest BCUT2D eigenvalue weighted by Crippen LogP contribution is 2.41. The maximum Gasteiger partial charge on any atom is 0.410 e. The van der Waals surface area contributed by atoms with Gasteiger partial charge in [0, 0.05) is 43.2 Å². The maximum absolute atomic E-state index is 14.4. The predicted octanol–water partition coefficient (Wildman–Crippen LogP) is 7.39. The summed E-state index contributed by atoms with van der Waals surface area (Å²) in [5, 5.41) is 9.79. The Labute approximate surface area is 289 Å².